The second-order valence-corrected chi connectivity index (χ2v) is 14.5. The molecule has 0 saturated heterocycles. The number of rotatable bonds is 8. The highest BCUT2D eigenvalue weighted by atomic mass is 28.4. The van der Waals surface area contributed by atoms with Crippen LogP contribution in [0, 0.1) is 0 Å². The van der Waals surface area contributed by atoms with Crippen molar-refractivity contribution in [3.8, 4) is 0 Å². The van der Waals surface area contributed by atoms with Crippen molar-refractivity contribution >= 4 is 14.4 Å². The van der Waals surface area contributed by atoms with Gasteiger partial charge in [-0.15, -0.1) is 0 Å². The van der Waals surface area contributed by atoms with Gasteiger partial charge in [-0.05, 0) is 66.6 Å². The normalized spacial score (nSPS) is 16.1. The number of ether oxygens (including phenoxy) is 1. The van der Waals surface area contributed by atoms with Gasteiger partial charge in [0.1, 0.15) is 6.10 Å². The van der Waals surface area contributed by atoms with Crippen molar-refractivity contribution < 1.29 is 19.1 Å². The Morgan fingerprint density at radius 1 is 1.04 bits per heavy atom. The van der Waals surface area contributed by atoms with Crippen LogP contribution < -0.4 is 0 Å². The van der Waals surface area contributed by atoms with Gasteiger partial charge in [-0.2, -0.15) is 0 Å². The van der Waals surface area contributed by atoms with Crippen LogP contribution in [0.5, 0.6) is 0 Å². The first-order valence-electron chi connectivity index (χ1n) is 10.0. The minimum Gasteiger partial charge on any atom is -0.440 e. The molecule has 0 aromatic heterocycles. The number of aliphatic hydroxyl groups excluding tert-OH is 1. The van der Waals surface area contributed by atoms with Crippen molar-refractivity contribution in [2.75, 3.05) is 0 Å². The van der Waals surface area contributed by atoms with E-state index in [-0.39, 0.29) is 17.1 Å². The quantitative estimate of drug-likeness (QED) is 0.440. The lowest BCUT2D eigenvalue weighted by atomic mass is 10.1. The fourth-order valence-electron chi connectivity index (χ4n) is 2.78. The van der Waals surface area contributed by atoms with E-state index in [0.717, 1.165) is 5.57 Å². The summed E-state index contributed by atoms with van der Waals surface area (Å²) in [6.07, 6.45) is -0.793. The van der Waals surface area contributed by atoms with Gasteiger partial charge < -0.3 is 19.2 Å². The Hall–Kier alpha value is -0.853. The lowest BCUT2D eigenvalue weighted by Gasteiger charge is -2.41. The summed E-state index contributed by atoms with van der Waals surface area (Å²) >= 11 is 0. The maximum atomic E-state index is 12.8. The summed E-state index contributed by atoms with van der Waals surface area (Å²) in [4.78, 5) is 14.5. The Bertz CT molecular complexity index is 497. The molecule has 1 N–H and O–H groups in total. The van der Waals surface area contributed by atoms with Gasteiger partial charge in [-0.1, -0.05) is 32.4 Å². The number of allylic oxidation sites excluding steroid dienone is 1. The fraction of sp³-hybridized carbons (Fsp3) is 0.857. The molecule has 0 radical (unpaired) electrons. The van der Waals surface area contributed by atoms with Crippen molar-refractivity contribution in [1.29, 1.82) is 0 Å². The summed E-state index contributed by atoms with van der Waals surface area (Å²) in [5, 5.41) is 10.7. The third kappa shape index (κ3) is 7.96. The Kier molecular flexibility index (Phi) is 9.76. The minimum absolute atomic E-state index is 0.00959. The molecule has 0 aromatic carbocycles. The average molecular weight is 402 g/mol. The highest BCUT2D eigenvalue weighted by Crippen LogP contribution is 2.38. The van der Waals surface area contributed by atoms with Crippen LogP contribution in [0.2, 0.25) is 18.1 Å². The SMILES string of the molecule is CC(C)=C[C@H](O)[C@@H](OC(=O)N(C(C)C)C(C)C)[C@H](C)O[Si](C)(C)C(C)(C)C. The Balaban J connectivity index is 5.65. The monoisotopic (exact) mass is 401 g/mol. The Morgan fingerprint density at radius 2 is 1.48 bits per heavy atom. The predicted molar refractivity (Wildman–Crippen MR) is 116 cm³/mol. The van der Waals surface area contributed by atoms with E-state index in [9.17, 15) is 9.90 Å². The number of amides is 1. The number of aliphatic hydroxyl groups is 1. The Labute approximate surface area is 168 Å². The van der Waals surface area contributed by atoms with Gasteiger partial charge in [-0.25, -0.2) is 4.79 Å². The first-order chi connectivity index (χ1) is 12.0. The molecule has 5 nitrogen and oxygen atoms in total. The molecule has 0 saturated carbocycles. The maximum absolute atomic E-state index is 12.8. The van der Waals surface area contributed by atoms with Crippen molar-refractivity contribution in [3.63, 3.8) is 0 Å². The van der Waals surface area contributed by atoms with E-state index >= 15 is 0 Å². The van der Waals surface area contributed by atoms with Crippen LogP contribution in [-0.2, 0) is 9.16 Å². The molecule has 0 aliphatic rings. The summed E-state index contributed by atoms with van der Waals surface area (Å²) in [6.45, 7) is 24.3. The number of carbonyl (C=O) groups is 1. The molecule has 0 spiro atoms. The zero-order valence-corrected chi connectivity index (χ0v) is 20.6. The second-order valence-electron chi connectivity index (χ2n) is 9.76. The molecule has 0 rings (SSSR count). The molecule has 0 heterocycles. The molecular formula is C21H43NO4Si. The zero-order valence-electron chi connectivity index (χ0n) is 19.6. The van der Waals surface area contributed by atoms with E-state index in [1.807, 2.05) is 48.5 Å². The molecule has 0 fully saturated rings. The van der Waals surface area contributed by atoms with Crippen molar-refractivity contribution in [2.24, 2.45) is 0 Å². The molecule has 6 heteroatoms. The standard InChI is InChI=1S/C21H43NO4Si/c1-14(2)13-18(23)19(17(7)26-27(11,12)21(8,9)10)25-20(24)22(15(3)4)16(5)6/h13,15-19,23H,1-12H3/t17-,18-,19-/m0/s1. The van der Waals surface area contributed by atoms with Crippen LogP contribution >= 0.6 is 0 Å². The molecule has 0 unspecified atom stereocenters. The minimum atomic E-state index is -2.08. The van der Waals surface area contributed by atoms with Gasteiger partial charge in [0.15, 0.2) is 14.4 Å². The van der Waals surface area contributed by atoms with Gasteiger partial charge in [0.05, 0.1) is 6.10 Å². The van der Waals surface area contributed by atoms with Crippen LogP contribution in [0.4, 0.5) is 4.79 Å². The molecule has 1 amide bonds. The third-order valence-electron chi connectivity index (χ3n) is 5.15. The summed E-state index contributed by atoms with van der Waals surface area (Å²) < 4.78 is 12.2. The van der Waals surface area contributed by atoms with Crippen molar-refractivity contribution in [1.82, 2.24) is 4.90 Å². The smallest absolute Gasteiger partial charge is 0.410 e. The average Bonchev–Trinajstić information content (AvgIpc) is 2.40. The molecule has 0 aromatic rings. The van der Waals surface area contributed by atoms with Gasteiger partial charge in [-0.3, -0.25) is 0 Å². The number of hydrogen-bond donors (Lipinski definition) is 1. The summed E-state index contributed by atoms with van der Waals surface area (Å²) in [5.74, 6) is 0. The van der Waals surface area contributed by atoms with Crippen LogP contribution in [0.1, 0.15) is 69.2 Å². The predicted octanol–water partition coefficient (Wildman–Crippen LogP) is 5.35. The maximum Gasteiger partial charge on any atom is 0.410 e. The van der Waals surface area contributed by atoms with E-state index in [0.29, 0.717) is 0 Å². The summed E-state index contributed by atoms with van der Waals surface area (Å²) in [6, 6.07) is 0.0192. The molecule has 0 bridgehead atoms. The largest absolute Gasteiger partial charge is 0.440 e. The highest BCUT2D eigenvalue weighted by molar-refractivity contribution is 6.74. The van der Waals surface area contributed by atoms with E-state index in [2.05, 4.69) is 33.9 Å². The fourth-order valence-corrected chi connectivity index (χ4v) is 4.20. The summed E-state index contributed by atoms with van der Waals surface area (Å²) in [7, 11) is -2.08. The van der Waals surface area contributed by atoms with Gasteiger partial charge >= 0.3 is 6.09 Å². The zero-order chi connectivity index (χ0) is 21.7. The topological polar surface area (TPSA) is 59.0 Å². The van der Waals surface area contributed by atoms with Crippen LogP contribution in [-0.4, -0.2) is 54.8 Å². The summed E-state index contributed by atoms with van der Waals surface area (Å²) in [5.41, 5.74) is 0.965. The highest BCUT2D eigenvalue weighted by Gasteiger charge is 2.42. The van der Waals surface area contributed by atoms with E-state index in [4.69, 9.17) is 9.16 Å². The second kappa shape index (κ2) is 10.1. The van der Waals surface area contributed by atoms with Crippen LogP contribution in [0.3, 0.4) is 0 Å². The Morgan fingerprint density at radius 3 is 1.81 bits per heavy atom. The number of carbonyl (C=O) groups excluding carboxylic acids is 1. The third-order valence-corrected chi connectivity index (χ3v) is 9.72. The molecule has 3 atom stereocenters. The first-order valence-corrected chi connectivity index (χ1v) is 12.9. The van der Waals surface area contributed by atoms with E-state index in [1.54, 1.807) is 11.0 Å². The van der Waals surface area contributed by atoms with Gasteiger partial charge in [0, 0.05) is 12.1 Å². The molecule has 160 valence electrons. The molecule has 0 aliphatic heterocycles. The lowest BCUT2D eigenvalue weighted by molar-refractivity contribution is -0.0532. The molecule has 0 aliphatic carbocycles. The number of nitrogens with zero attached hydrogens (tertiary/aromatic N) is 1. The van der Waals surface area contributed by atoms with Gasteiger partial charge in [0.25, 0.3) is 0 Å². The van der Waals surface area contributed by atoms with Gasteiger partial charge in [0.2, 0.25) is 0 Å². The van der Waals surface area contributed by atoms with E-state index < -0.39 is 32.7 Å². The van der Waals surface area contributed by atoms with E-state index in [1.165, 1.54) is 0 Å². The first kappa shape index (κ1) is 26.1. The van der Waals surface area contributed by atoms with Crippen LogP contribution in [0.25, 0.3) is 0 Å². The van der Waals surface area contributed by atoms with Crippen molar-refractivity contribution in [2.45, 2.75) is 118 Å². The van der Waals surface area contributed by atoms with Crippen molar-refractivity contribution in [3.05, 3.63) is 11.6 Å². The molecular weight excluding hydrogens is 358 g/mol. The number of hydrogen-bond acceptors (Lipinski definition) is 4. The molecule has 27 heavy (non-hydrogen) atoms. The lowest BCUT2D eigenvalue weighted by Crippen LogP contribution is -2.52. The van der Waals surface area contributed by atoms with Crippen LogP contribution in [0.15, 0.2) is 11.6 Å².